The predicted molar refractivity (Wildman–Crippen MR) is 64.5 cm³/mol. The Labute approximate surface area is 105 Å². The summed E-state index contributed by atoms with van der Waals surface area (Å²) in [6.07, 6.45) is 0.585. The number of hydrogen-bond donors (Lipinski definition) is 1. The summed E-state index contributed by atoms with van der Waals surface area (Å²) in [6, 6.07) is 2.40. The first kappa shape index (κ1) is 15.0. The van der Waals surface area contributed by atoms with E-state index in [-0.39, 0.29) is 19.6 Å². The first-order valence-corrected chi connectivity index (χ1v) is 7.02. The largest absolute Gasteiger partial charge is 0.329 e. The summed E-state index contributed by atoms with van der Waals surface area (Å²) in [7, 11) is -3.96. The molecule has 0 heterocycles. The summed E-state index contributed by atoms with van der Waals surface area (Å²) >= 11 is 0. The molecule has 102 valence electrons. The van der Waals surface area contributed by atoms with Crippen LogP contribution < -0.4 is 5.73 Å². The highest BCUT2D eigenvalue weighted by Crippen LogP contribution is 2.20. The lowest BCUT2D eigenvalue weighted by molar-refractivity contribution is 0.413. The fourth-order valence-electron chi connectivity index (χ4n) is 1.57. The van der Waals surface area contributed by atoms with Gasteiger partial charge in [-0.3, -0.25) is 0 Å². The number of nitrogens with two attached hydrogens (primary N) is 1. The summed E-state index contributed by atoms with van der Waals surface area (Å²) in [5, 5.41) is 0. The molecule has 0 amide bonds. The molecule has 0 radical (unpaired) electrons. The Bertz CT molecular complexity index is 500. The zero-order valence-electron chi connectivity index (χ0n) is 10.1. The minimum absolute atomic E-state index is 0.104. The van der Waals surface area contributed by atoms with E-state index >= 15 is 0 Å². The van der Waals surface area contributed by atoms with Gasteiger partial charge in [0.05, 0.1) is 0 Å². The van der Waals surface area contributed by atoms with Gasteiger partial charge in [0, 0.05) is 25.7 Å². The van der Waals surface area contributed by atoms with Gasteiger partial charge in [-0.25, -0.2) is 17.2 Å². The van der Waals surface area contributed by atoms with Crippen molar-refractivity contribution in [2.75, 3.05) is 19.6 Å². The molecule has 4 nitrogen and oxygen atoms in total. The van der Waals surface area contributed by atoms with Crippen LogP contribution in [-0.2, 0) is 10.0 Å². The van der Waals surface area contributed by atoms with Gasteiger partial charge in [0.25, 0.3) is 0 Å². The zero-order chi connectivity index (χ0) is 13.8. The average molecular weight is 278 g/mol. The molecule has 0 saturated heterocycles. The van der Waals surface area contributed by atoms with E-state index in [0.717, 1.165) is 16.4 Å². The summed E-state index contributed by atoms with van der Waals surface area (Å²) in [5.41, 5.74) is 5.34. The molecule has 0 bridgehead atoms. The molecule has 0 aliphatic rings. The van der Waals surface area contributed by atoms with Gasteiger partial charge in [-0.05, 0) is 18.6 Å². The molecule has 1 aromatic carbocycles. The quantitative estimate of drug-likeness (QED) is 0.853. The van der Waals surface area contributed by atoms with E-state index in [1.165, 1.54) is 0 Å². The van der Waals surface area contributed by atoms with E-state index in [0.29, 0.717) is 12.5 Å². The van der Waals surface area contributed by atoms with Gasteiger partial charge in [0.15, 0.2) is 0 Å². The summed E-state index contributed by atoms with van der Waals surface area (Å²) < 4.78 is 51.7. The number of hydrogen-bond acceptors (Lipinski definition) is 3. The van der Waals surface area contributed by atoms with Crippen molar-refractivity contribution in [3.8, 4) is 0 Å². The van der Waals surface area contributed by atoms with Gasteiger partial charge in [-0.2, -0.15) is 4.31 Å². The molecule has 18 heavy (non-hydrogen) atoms. The van der Waals surface area contributed by atoms with Gasteiger partial charge in [-0.1, -0.05) is 6.92 Å². The van der Waals surface area contributed by atoms with Crippen LogP contribution in [0.5, 0.6) is 0 Å². The number of benzene rings is 1. The van der Waals surface area contributed by atoms with E-state index in [1.54, 1.807) is 6.92 Å². The average Bonchev–Trinajstić information content (AvgIpc) is 2.28. The van der Waals surface area contributed by atoms with E-state index in [4.69, 9.17) is 5.73 Å². The topological polar surface area (TPSA) is 63.4 Å². The first-order valence-electron chi connectivity index (χ1n) is 5.58. The maximum atomic E-state index is 13.5. The standard InChI is InChI=1S/C11H16F2N2O2S/c1-2-6-15(7-5-14)18(16,17)11-4-3-9(12)8-10(11)13/h3-4,8H,2,5-7,14H2,1H3. The van der Waals surface area contributed by atoms with Crippen LogP contribution in [-0.4, -0.2) is 32.4 Å². The maximum absolute atomic E-state index is 13.5. The van der Waals surface area contributed by atoms with E-state index in [9.17, 15) is 17.2 Å². The number of sulfonamides is 1. The third-order valence-corrected chi connectivity index (χ3v) is 4.30. The van der Waals surface area contributed by atoms with Crippen LogP contribution >= 0.6 is 0 Å². The molecule has 0 atom stereocenters. The zero-order valence-corrected chi connectivity index (χ0v) is 10.9. The van der Waals surface area contributed by atoms with Gasteiger partial charge in [0.1, 0.15) is 16.5 Å². The first-order chi connectivity index (χ1) is 8.43. The molecule has 0 fully saturated rings. The highest BCUT2D eigenvalue weighted by Gasteiger charge is 2.26. The van der Waals surface area contributed by atoms with Crippen LogP contribution in [0.2, 0.25) is 0 Å². The van der Waals surface area contributed by atoms with Crippen molar-refractivity contribution < 1.29 is 17.2 Å². The molecule has 0 aliphatic heterocycles. The van der Waals surface area contributed by atoms with Crippen LogP contribution in [0.25, 0.3) is 0 Å². The molecule has 0 spiro atoms. The molecular weight excluding hydrogens is 262 g/mol. The molecule has 2 N–H and O–H groups in total. The number of nitrogens with zero attached hydrogens (tertiary/aromatic N) is 1. The van der Waals surface area contributed by atoms with Crippen LogP contribution in [0.3, 0.4) is 0 Å². The molecule has 1 rings (SSSR count). The summed E-state index contributed by atoms with van der Waals surface area (Å²) in [5.74, 6) is -1.90. The molecule has 0 aromatic heterocycles. The number of rotatable bonds is 6. The lowest BCUT2D eigenvalue weighted by Gasteiger charge is -2.21. The Morgan fingerprint density at radius 3 is 2.44 bits per heavy atom. The van der Waals surface area contributed by atoms with Crippen molar-refractivity contribution in [1.82, 2.24) is 4.31 Å². The van der Waals surface area contributed by atoms with Gasteiger partial charge < -0.3 is 5.73 Å². The minimum Gasteiger partial charge on any atom is -0.329 e. The normalized spacial score (nSPS) is 12.1. The lowest BCUT2D eigenvalue weighted by atomic mass is 10.3. The van der Waals surface area contributed by atoms with Crippen molar-refractivity contribution in [2.24, 2.45) is 5.73 Å². The summed E-state index contributed by atoms with van der Waals surface area (Å²) in [4.78, 5) is -0.522. The van der Waals surface area contributed by atoms with Crippen molar-refractivity contribution in [2.45, 2.75) is 18.2 Å². The summed E-state index contributed by atoms with van der Waals surface area (Å²) in [6.45, 7) is 2.30. The molecule has 0 aliphatic carbocycles. The van der Waals surface area contributed by atoms with Crippen molar-refractivity contribution in [1.29, 1.82) is 0 Å². The van der Waals surface area contributed by atoms with Crippen molar-refractivity contribution in [3.63, 3.8) is 0 Å². The highest BCUT2D eigenvalue weighted by molar-refractivity contribution is 7.89. The molecule has 0 saturated carbocycles. The second-order valence-corrected chi connectivity index (χ2v) is 5.67. The Morgan fingerprint density at radius 2 is 1.94 bits per heavy atom. The van der Waals surface area contributed by atoms with Crippen LogP contribution in [0.1, 0.15) is 13.3 Å². The third-order valence-electron chi connectivity index (χ3n) is 2.36. The maximum Gasteiger partial charge on any atom is 0.246 e. The van der Waals surface area contributed by atoms with Crippen LogP contribution in [0.4, 0.5) is 8.78 Å². The van der Waals surface area contributed by atoms with Gasteiger partial charge in [-0.15, -0.1) is 0 Å². The second-order valence-electron chi connectivity index (χ2n) is 3.77. The third kappa shape index (κ3) is 3.24. The smallest absolute Gasteiger partial charge is 0.246 e. The van der Waals surface area contributed by atoms with Crippen molar-refractivity contribution >= 4 is 10.0 Å². The molecule has 0 unspecified atom stereocenters. The molecule has 1 aromatic rings. The van der Waals surface area contributed by atoms with Gasteiger partial charge in [0.2, 0.25) is 10.0 Å². The van der Waals surface area contributed by atoms with E-state index < -0.39 is 26.6 Å². The van der Waals surface area contributed by atoms with Crippen LogP contribution in [0.15, 0.2) is 23.1 Å². The molecular formula is C11H16F2N2O2S. The minimum atomic E-state index is -3.96. The number of halogens is 2. The highest BCUT2D eigenvalue weighted by atomic mass is 32.2. The Morgan fingerprint density at radius 1 is 1.28 bits per heavy atom. The van der Waals surface area contributed by atoms with E-state index in [1.807, 2.05) is 0 Å². The second kappa shape index (κ2) is 6.21. The Kier molecular flexibility index (Phi) is 5.18. The van der Waals surface area contributed by atoms with Crippen molar-refractivity contribution in [3.05, 3.63) is 29.8 Å². The lowest BCUT2D eigenvalue weighted by Crippen LogP contribution is -2.36. The Hall–Kier alpha value is -1.05. The fourth-order valence-corrected chi connectivity index (χ4v) is 3.16. The van der Waals surface area contributed by atoms with Crippen LogP contribution in [0, 0.1) is 11.6 Å². The van der Waals surface area contributed by atoms with Gasteiger partial charge >= 0.3 is 0 Å². The fraction of sp³-hybridized carbons (Fsp3) is 0.455. The molecule has 7 heteroatoms. The monoisotopic (exact) mass is 278 g/mol. The Balaban J connectivity index is 3.17. The van der Waals surface area contributed by atoms with E-state index in [2.05, 4.69) is 0 Å². The predicted octanol–water partition coefficient (Wildman–Crippen LogP) is 1.32. The SMILES string of the molecule is CCCN(CCN)S(=O)(=O)c1ccc(F)cc1F.